The van der Waals surface area contributed by atoms with Crippen molar-refractivity contribution in [2.75, 3.05) is 32.8 Å². The normalized spacial score (nSPS) is 15.5. The van der Waals surface area contributed by atoms with Gasteiger partial charge < -0.3 is 19.8 Å². The van der Waals surface area contributed by atoms with E-state index in [1.54, 1.807) is 24.5 Å². The summed E-state index contributed by atoms with van der Waals surface area (Å²) in [6.45, 7) is 4.66. The molecule has 0 radical (unpaired) electrons. The summed E-state index contributed by atoms with van der Waals surface area (Å²) in [5.41, 5.74) is 0.420. The number of benzene rings is 1. The zero-order valence-electron chi connectivity index (χ0n) is 16.9. The smallest absolute Gasteiger partial charge is 0.255 e. The van der Waals surface area contributed by atoms with Crippen LogP contribution in [0.3, 0.4) is 0 Å². The minimum absolute atomic E-state index is 0.00336. The van der Waals surface area contributed by atoms with E-state index in [1.165, 1.54) is 6.42 Å². The summed E-state index contributed by atoms with van der Waals surface area (Å²) in [6.07, 6.45) is 5.20. The Morgan fingerprint density at radius 3 is 2.62 bits per heavy atom. The quantitative estimate of drug-likeness (QED) is 0.677. The highest BCUT2D eigenvalue weighted by Gasteiger charge is 2.25. The predicted octanol–water partition coefficient (Wildman–Crippen LogP) is 2.75. The van der Waals surface area contributed by atoms with Crippen molar-refractivity contribution in [3.8, 4) is 5.75 Å². The summed E-state index contributed by atoms with van der Waals surface area (Å²) in [6, 6.07) is 10.8. The first-order chi connectivity index (χ1) is 14.2. The van der Waals surface area contributed by atoms with Gasteiger partial charge in [-0.3, -0.25) is 14.5 Å². The Hall–Kier alpha value is -2.80. The van der Waals surface area contributed by atoms with Gasteiger partial charge in [-0.2, -0.15) is 0 Å². The van der Waals surface area contributed by atoms with E-state index in [2.05, 4.69) is 15.5 Å². The molecule has 2 heterocycles. The Morgan fingerprint density at radius 1 is 1.10 bits per heavy atom. The van der Waals surface area contributed by atoms with E-state index in [0.29, 0.717) is 24.5 Å². The molecular weight excluding hydrogens is 370 g/mol. The van der Waals surface area contributed by atoms with Crippen molar-refractivity contribution in [1.29, 1.82) is 0 Å². The van der Waals surface area contributed by atoms with Crippen LogP contribution in [0.1, 0.15) is 48.3 Å². The molecule has 0 aliphatic carbocycles. The van der Waals surface area contributed by atoms with Gasteiger partial charge in [0.25, 0.3) is 5.91 Å². The Balaban J connectivity index is 1.52. The molecule has 29 heavy (non-hydrogen) atoms. The van der Waals surface area contributed by atoms with Gasteiger partial charge in [0.15, 0.2) is 0 Å². The third kappa shape index (κ3) is 5.84. The zero-order valence-corrected chi connectivity index (χ0v) is 16.9. The second kappa shape index (κ2) is 10.7. The molecule has 1 aromatic heterocycles. The fourth-order valence-electron chi connectivity index (χ4n) is 3.58. The molecule has 2 N–H and O–H groups in total. The van der Waals surface area contributed by atoms with E-state index in [4.69, 9.17) is 9.15 Å². The number of furan rings is 1. The highest BCUT2D eigenvalue weighted by Crippen LogP contribution is 2.24. The van der Waals surface area contributed by atoms with Crippen LogP contribution < -0.4 is 15.4 Å². The molecule has 1 fully saturated rings. The minimum atomic E-state index is -0.331. The summed E-state index contributed by atoms with van der Waals surface area (Å²) < 4.78 is 11.1. The number of hydrogen-bond donors (Lipinski definition) is 2. The SMILES string of the molecule is CCOc1ccccc1C(=O)NCC(=O)NC[C@H](c1ccco1)N1CCCCC1. The Bertz CT molecular complexity index is 785. The summed E-state index contributed by atoms with van der Waals surface area (Å²) in [5, 5.41) is 5.60. The molecule has 0 bridgehead atoms. The molecule has 1 aliphatic heterocycles. The lowest BCUT2D eigenvalue weighted by Gasteiger charge is -2.33. The van der Waals surface area contributed by atoms with Crippen molar-refractivity contribution in [3.05, 3.63) is 54.0 Å². The van der Waals surface area contributed by atoms with Gasteiger partial charge in [-0.1, -0.05) is 18.6 Å². The number of para-hydroxylation sites is 1. The summed E-state index contributed by atoms with van der Waals surface area (Å²) in [7, 11) is 0. The van der Waals surface area contributed by atoms with Crippen LogP contribution in [-0.2, 0) is 4.79 Å². The molecule has 3 rings (SSSR count). The van der Waals surface area contributed by atoms with Crippen LogP contribution >= 0.6 is 0 Å². The van der Waals surface area contributed by atoms with Crippen LogP contribution in [0, 0.1) is 0 Å². The standard InChI is InChI=1S/C22H29N3O4/c1-2-28-19-10-5-4-9-17(19)22(27)24-16-21(26)23-15-18(20-11-8-14-29-20)25-12-6-3-7-13-25/h4-5,8-11,14,18H,2-3,6-7,12-13,15-16H2,1H3,(H,23,26)(H,24,27)/t18-/m1/s1. The third-order valence-electron chi connectivity index (χ3n) is 5.04. The molecule has 2 amide bonds. The van der Waals surface area contributed by atoms with Crippen molar-refractivity contribution >= 4 is 11.8 Å². The number of nitrogens with zero attached hydrogens (tertiary/aromatic N) is 1. The fraction of sp³-hybridized carbons (Fsp3) is 0.455. The van der Waals surface area contributed by atoms with Crippen molar-refractivity contribution < 1.29 is 18.7 Å². The Labute approximate surface area is 171 Å². The molecule has 0 saturated carbocycles. The Kier molecular flexibility index (Phi) is 7.69. The van der Waals surface area contributed by atoms with Gasteiger partial charge in [-0.25, -0.2) is 0 Å². The maximum atomic E-state index is 12.4. The van der Waals surface area contributed by atoms with Crippen LogP contribution in [0.5, 0.6) is 5.75 Å². The molecule has 0 spiro atoms. The maximum Gasteiger partial charge on any atom is 0.255 e. The molecule has 1 saturated heterocycles. The lowest BCUT2D eigenvalue weighted by Crippen LogP contribution is -2.43. The molecule has 1 atom stereocenters. The van der Waals surface area contributed by atoms with Crippen LogP contribution in [0.25, 0.3) is 0 Å². The van der Waals surface area contributed by atoms with Gasteiger partial charge >= 0.3 is 0 Å². The molecule has 156 valence electrons. The van der Waals surface area contributed by atoms with Crippen molar-refractivity contribution in [2.45, 2.75) is 32.2 Å². The molecular formula is C22H29N3O4. The largest absolute Gasteiger partial charge is 0.493 e. The average Bonchev–Trinajstić information content (AvgIpc) is 3.28. The molecule has 0 unspecified atom stereocenters. The Morgan fingerprint density at radius 2 is 1.90 bits per heavy atom. The van der Waals surface area contributed by atoms with Crippen LogP contribution in [0.2, 0.25) is 0 Å². The lowest BCUT2D eigenvalue weighted by atomic mass is 10.1. The first-order valence-electron chi connectivity index (χ1n) is 10.2. The van der Waals surface area contributed by atoms with Gasteiger partial charge in [0, 0.05) is 6.54 Å². The monoisotopic (exact) mass is 399 g/mol. The maximum absolute atomic E-state index is 12.4. The van der Waals surface area contributed by atoms with E-state index < -0.39 is 0 Å². The van der Waals surface area contributed by atoms with Gasteiger partial charge in [-0.15, -0.1) is 0 Å². The number of nitrogens with one attached hydrogen (secondary N) is 2. The van der Waals surface area contributed by atoms with Gasteiger partial charge in [0.05, 0.1) is 31.0 Å². The van der Waals surface area contributed by atoms with Gasteiger partial charge in [0.2, 0.25) is 5.91 Å². The first-order valence-corrected chi connectivity index (χ1v) is 10.2. The number of carbonyl (C=O) groups is 2. The first kappa shape index (κ1) is 20.9. The minimum Gasteiger partial charge on any atom is -0.493 e. The van der Waals surface area contributed by atoms with Crippen molar-refractivity contribution in [3.63, 3.8) is 0 Å². The highest BCUT2D eigenvalue weighted by molar-refractivity contribution is 5.98. The molecule has 2 aromatic rings. The molecule has 1 aliphatic rings. The van der Waals surface area contributed by atoms with E-state index in [0.717, 1.165) is 31.7 Å². The number of hydrogen-bond acceptors (Lipinski definition) is 5. The number of likely N-dealkylation sites (tertiary alicyclic amines) is 1. The topological polar surface area (TPSA) is 83.8 Å². The zero-order chi connectivity index (χ0) is 20.5. The summed E-state index contributed by atoms with van der Waals surface area (Å²) in [4.78, 5) is 27.1. The fourth-order valence-corrected chi connectivity index (χ4v) is 3.58. The second-order valence-electron chi connectivity index (χ2n) is 7.04. The van der Waals surface area contributed by atoms with Crippen molar-refractivity contribution in [2.24, 2.45) is 0 Å². The van der Waals surface area contributed by atoms with E-state index >= 15 is 0 Å². The lowest BCUT2D eigenvalue weighted by molar-refractivity contribution is -0.120. The highest BCUT2D eigenvalue weighted by atomic mass is 16.5. The van der Waals surface area contributed by atoms with Crippen LogP contribution in [-0.4, -0.2) is 49.5 Å². The summed E-state index contributed by atoms with van der Waals surface area (Å²) >= 11 is 0. The summed E-state index contributed by atoms with van der Waals surface area (Å²) in [5.74, 6) is 0.793. The number of carbonyl (C=O) groups excluding carboxylic acids is 2. The van der Waals surface area contributed by atoms with E-state index in [-0.39, 0.29) is 24.4 Å². The van der Waals surface area contributed by atoms with E-state index in [9.17, 15) is 9.59 Å². The van der Waals surface area contributed by atoms with Gasteiger partial charge in [0.1, 0.15) is 11.5 Å². The molecule has 7 nitrogen and oxygen atoms in total. The third-order valence-corrected chi connectivity index (χ3v) is 5.04. The number of rotatable bonds is 9. The van der Waals surface area contributed by atoms with Gasteiger partial charge in [-0.05, 0) is 57.1 Å². The van der Waals surface area contributed by atoms with Crippen LogP contribution in [0.15, 0.2) is 47.1 Å². The molecule has 1 aromatic carbocycles. The molecule has 7 heteroatoms. The number of amides is 2. The number of ether oxygens (including phenoxy) is 1. The van der Waals surface area contributed by atoms with Crippen LogP contribution in [0.4, 0.5) is 0 Å². The second-order valence-corrected chi connectivity index (χ2v) is 7.04. The average molecular weight is 399 g/mol. The van der Waals surface area contributed by atoms with Crippen molar-refractivity contribution in [1.82, 2.24) is 15.5 Å². The van der Waals surface area contributed by atoms with E-state index in [1.807, 2.05) is 25.1 Å². The predicted molar refractivity (Wildman–Crippen MR) is 110 cm³/mol. The number of piperidine rings is 1.